The van der Waals surface area contributed by atoms with Crippen molar-refractivity contribution in [2.75, 3.05) is 11.9 Å². The Bertz CT molecular complexity index is 667. The summed E-state index contributed by atoms with van der Waals surface area (Å²) in [5, 5.41) is 6.32. The van der Waals surface area contributed by atoms with Crippen molar-refractivity contribution < 1.29 is 4.79 Å². The molecule has 0 aromatic heterocycles. The number of hydrogen-bond acceptors (Lipinski definition) is 2. The highest BCUT2D eigenvalue weighted by Crippen LogP contribution is 2.32. The molecule has 1 unspecified atom stereocenters. The lowest BCUT2D eigenvalue weighted by atomic mass is 9.90. The van der Waals surface area contributed by atoms with Crippen LogP contribution in [0, 0.1) is 0 Å². The van der Waals surface area contributed by atoms with Crippen LogP contribution >= 0.6 is 31.9 Å². The molecule has 0 aliphatic carbocycles. The van der Waals surface area contributed by atoms with Gasteiger partial charge in [-0.3, -0.25) is 4.79 Å². The van der Waals surface area contributed by atoms with Crippen LogP contribution in [-0.4, -0.2) is 12.5 Å². The number of nitrogens with one attached hydrogen (secondary N) is 2. The first kappa shape index (κ1) is 14.8. The third kappa shape index (κ3) is 3.05. The smallest absolute Gasteiger partial charge is 0.233 e. The topological polar surface area (TPSA) is 41.1 Å². The van der Waals surface area contributed by atoms with Crippen LogP contribution in [0.1, 0.15) is 17.0 Å². The van der Waals surface area contributed by atoms with Gasteiger partial charge in [0.1, 0.15) is 0 Å². The minimum absolute atomic E-state index is 0.00208. The second kappa shape index (κ2) is 6.30. The quantitative estimate of drug-likeness (QED) is 0.785. The highest BCUT2D eigenvalue weighted by molar-refractivity contribution is 9.11. The Hall–Kier alpha value is -1.17. The predicted octanol–water partition coefficient (Wildman–Crippen LogP) is 4.04. The zero-order valence-electron chi connectivity index (χ0n) is 11.2. The zero-order chi connectivity index (χ0) is 14.8. The average Bonchev–Trinajstić information content (AvgIpc) is 2.50. The molecule has 0 spiro atoms. The molecule has 3 rings (SSSR count). The van der Waals surface area contributed by atoms with Gasteiger partial charge in [-0.2, -0.15) is 0 Å². The van der Waals surface area contributed by atoms with Gasteiger partial charge in [-0.05, 0) is 55.1 Å². The molecule has 1 atom stereocenters. The zero-order valence-corrected chi connectivity index (χ0v) is 14.4. The number of rotatable bonds is 2. The van der Waals surface area contributed by atoms with Crippen molar-refractivity contribution in [3.8, 4) is 0 Å². The van der Waals surface area contributed by atoms with E-state index in [0.717, 1.165) is 26.7 Å². The Balaban J connectivity index is 1.87. The second-order valence-corrected chi connectivity index (χ2v) is 6.68. The van der Waals surface area contributed by atoms with Crippen molar-refractivity contribution >= 4 is 43.5 Å². The fraction of sp³-hybridized carbons (Fsp3) is 0.188. The summed E-state index contributed by atoms with van der Waals surface area (Å²) in [6, 6.07) is 13.8. The van der Waals surface area contributed by atoms with Gasteiger partial charge in [0, 0.05) is 22.0 Å². The number of amides is 1. The van der Waals surface area contributed by atoms with E-state index in [4.69, 9.17) is 0 Å². The molecule has 5 heteroatoms. The lowest BCUT2D eigenvalue weighted by Gasteiger charge is -2.26. The molecule has 1 amide bonds. The van der Waals surface area contributed by atoms with E-state index >= 15 is 0 Å². The van der Waals surface area contributed by atoms with E-state index in [-0.39, 0.29) is 11.8 Å². The molecule has 1 aliphatic rings. The summed E-state index contributed by atoms with van der Waals surface area (Å²) in [7, 11) is 0. The molecule has 21 heavy (non-hydrogen) atoms. The highest BCUT2D eigenvalue weighted by Gasteiger charge is 2.26. The van der Waals surface area contributed by atoms with Crippen molar-refractivity contribution in [2.24, 2.45) is 0 Å². The third-order valence-electron chi connectivity index (χ3n) is 3.62. The molecule has 3 nitrogen and oxygen atoms in total. The van der Waals surface area contributed by atoms with E-state index in [1.807, 2.05) is 36.4 Å². The number of benzene rings is 2. The van der Waals surface area contributed by atoms with Gasteiger partial charge < -0.3 is 10.6 Å². The average molecular weight is 410 g/mol. The minimum atomic E-state index is -0.172. The fourth-order valence-corrected chi connectivity index (χ4v) is 3.75. The molecule has 0 saturated heterocycles. The summed E-state index contributed by atoms with van der Waals surface area (Å²) < 4.78 is 1.73. The summed E-state index contributed by atoms with van der Waals surface area (Å²) >= 11 is 6.94. The number of anilines is 1. The number of carbonyl (C=O) groups is 1. The van der Waals surface area contributed by atoms with E-state index < -0.39 is 0 Å². The van der Waals surface area contributed by atoms with Gasteiger partial charge in [-0.25, -0.2) is 0 Å². The largest absolute Gasteiger partial charge is 0.324 e. The van der Waals surface area contributed by atoms with Gasteiger partial charge in [-0.1, -0.05) is 30.3 Å². The molecule has 1 heterocycles. The Labute approximate surface area is 140 Å². The van der Waals surface area contributed by atoms with E-state index in [1.54, 1.807) is 0 Å². The first-order valence-electron chi connectivity index (χ1n) is 6.70. The number of carbonyl (C=O) groups excluding carboxylic acids is 1. The van der Waals surface area contributed by atoms with Crippen molar-refractivity contribution in [3.05, 3.63) is 62.5 Å². The molecule has 0 radical (unpaired) electrons. The second-order valence-electron chi connectivity index (χ2n) is 4.97. The van der Waals surface area contributed by atoms with E-state index in [0.29, 0.717) is 6.54 Å². The maximum Gasteiger partial charge on any atom is 0.233 e. The summed E-state index contributed by atoms with van der Waals surface area (Å²) in [6.07, 6.45) is 0. The van der Waals surface area contributed by atoms with Crippen molar-refractivity contribution in [1.82, 2.24) is 5.32 Å². The lowest BCUT2D eigenvalue weighted by molar-refractivity contribution is -0.117. The third-order valence-corrected chi connectivity index (χ3v) is 4.94. The molecule has 2 N–H and O–H groups in total. The Morgan fingerprint density at radius 1 is 1.10 bits per heavy atom. The maximum atomic E-state index is 12.6. The van der Waals surface area contributed by atoms with Gasteiger partial charge in [0.15, 0.2) is 0 Å². The summed E-state index contributed by atoms with van der Waals surface area (Å²) in [6.45, 7) is 1.48. The minimum Gasteiger partial charge on any atom is -0.324 e. The number of halogens is 2. The highest BCUT2D eigenvalue weighted by atomic mass is 79.9. The Kier molecular flexibility index (Phi) is 4.42. The van der Waals surface area contributed by atoms with E-state index in [1.165, 1.54) is 5.56 Å². The Morgan fingerprint density at radius 3 is 2.57 bits per heavy atom. The molecular formula is C16H14Br2N2O. The van der Waals surface area contributed by atoms with Gasteiger partial charge in [0.2, 0.25) is 5.91 Å². The normalized spacial score (nSPS) is 17.1. The predicted molar refractivity (Wildman–Crippen MR) is 91.4 cm³/mol. The van der Waals surface area contributed by atoms with Gasteiger partial charge in [-0.15, -0.1) is 0 Å². The number of fused-ring (bicyclic) bond motifs is 1. The van der Waals surface area contributed by atoms with Crippen molar-refractivity contribution in [1.29, 1.82) is 0 Å². The molecular weight excluding hydrogens is 396 g/mol. The van der Waals surface area contributed by atoms with Crippen LogP contribution < -0.4 is 10.6 Å². The SMILES string of the molecule is O=C(Nc1c(Br)cccc1Br)C1CNCc2ccccc21. The van der Waals surface area contributed by atoms with Crippen LogP contribution in [0.2, 0.25) is 0 Å². The van der Waals surface area contributed by atoms with Crippen molar-refractivity contribution in [2.45, 2.75) is 12.5 Å². The summed E-state index contributed by atoms with van der Waals surface area (Å²) in [4.78, 5) is 12.6. The first-order valence-corrected chi connectivity index (χ1v) is 8.29. The molecule has 108 valence electrons. The Morgan fingerprint density at radius 2 is 1.81 bits per heavy atom. The molecule has 2 aromatic rings. The molecule has 0 bridgehead atoms. The molecule has 2 aromatic carbocycles. The van der Waals surface area contributed by atoms with Gasteiger partial charge in [0.25, 0.3) is 0 Å². The van der Waals surface area contributed by atoms with Crippen LogP contribution in [0.15, 0.2) is 51.4 Å². The lowest BCUT2D eigenvalue weighted by Crippen LogP contribution is -2.35. The molecule has 0 saturated carbocycles. The van der Waals surface area contributed by atoms with Crippen LogP contribution in [0.4, 0.5) is 5.69 Å². The molecule has 0 fully saturated rings. The maximum absolute atomic E-state index is 12.6. The van der Waals surface area contributed by atoms with Crippen LogP contribution in [0.5, 0.6) is 0 Å². The number of hydrogen-bond donors (Lipinski definition) is 2. The van der Waals surface area contributed by atoms with Crippen LogP contribution in [-0.2, 0) is 11.3 Å². The standard InChI is InChI=1S/C16H14Br2N2O/c17-13-6-3-7-14(18)15(13)20-16(21)12-9-19-8-10-4-1-2-5-11(10)12/h1-7,12,19H,8-9H2,(H,20,21). The van der Waals surface area contributed by atoms with Crippen LogP contribution in [0.3, 0.4) is 0 Å². The number of para-hydroxylation sites is 1. The fourth-order valence-electron chi connectivity index (χ4n) is 2.56. The molecule has 1 aliphatic heterocycles. The van der Waals surface area contributed by atoms with Gasteiger partial charge in [0.05, 0.1) is 11.6 Å². The van der Waals surface area contributed by atoms with Crippen LogP contribution in [0.25, 0.3) is 0 Å². The summed E-state index contributed by atoms with van der Waals surface area (Å²) in [5.74, 6) is -0.170. The van der Waals surface area contributed by atoms with Gasteiger partial charge >= 0.3 is 0 Å². The monoisotopic (exact) mass is 408 g/mol. The van der Waals surface area contributed by atoms with E-state index in [9.17, 15) is 4.79 Å². The van der Waals surface area contributed by atoms with Crippen molar-refractivity contribution in [3.63, 3.8) is 0 Å². The summed E-state index contributed by atoms with van der Waals surface area (Å²) in [5.41, 5.74) is 3.07. The first-order chi connectivity index (χ1) is 10.2. The van der Waals surface area contributed by atoms with E-state index in [2.05, 4.69) is 48.6 Å².